The molecule has 2 aliphatic rings. The third-order valence-corrected chi connectivity index (χ3v) is 8.31. The second-order valence-corrected chi connectivity index (χ2v) is 10.9. The van der Waals surface area contributed by atoms with Crippen molar-refractivity contribution in [3.05, 3.63) is 101 Å². The molecule has 3 atom stereocenters. The maximum Gasteiger partial charge on any atom is 0.416 e. The summed E-state index contributed by atoms with van der Waals surface area (Å²) >= 11 is 0. The number of anilines is 2. The molecule has 35 heavy (non-hydrogen) atoms. The third-order valence-electron chi connectivity index (χ3n) is 6.96. The van der Waals surface area contributed by atoms with Gasteiger partial charge in [0.15, 0.2) is 0 Å². The first-order chi connectivity index (χ1) is 16.6. The number of fused-ring (bicyclic) bond motifs is 3. The van der Waals surface area contributed by atoms with Crippen molar-refractivity contribution in [2.75, 3.05) is 10.0 Å². The van der Waals surface area contributed by atoms with Gasteiger partial charge in [-0.25, -0.2) is 8.42 Å². The first kappa shape index (κ1) is 23.5. The SMILES string of the molecule is Cc1cccc(C)c1NS(=O)(=O)c1ccc2c(c1)[C@H]1C=CC[C@H]1[C@@H](c1ccccc1C(F)(F)F)N2. The molecule has 3 aromatic carbocycles. The standard InChI is InChI=1S/C27H25F3N2O2S/c1-16-7-5-8-17(2)25(16)32-35(33,34)18-13-14-24-22(15-18)19-10-6-11-20(19)26(31-24)21-9-3-4-12-23(21)27(28,29)30/h3-10,12-15,19-20,26,31-32H,11H2,1-2H3/t19-,20+,26-/m0/s1. The fourth-order valence-electron chi connectivity index (χ4n) is 5.24. The molecule has 4 nitrogen and oxygen atoms in total. The highest BCUT2D eigenvalue weighted by atomic mass is 32.2. The number of allylic oxidation sites excluding steroid dienone is 2. The molecular weight excluding hydrogens is 473 g/mol. The van der Waals surface area contributed by atoms with Crippen LogP contribution in [0.3, 0.4) is 0 Å². The summed E-state index contributed by atoms with van der Waals surface area (Å²) in [5.41, 5.74) is 3.16. The maximum atomic E-state index is 13.7. The molecular formula is C27H25F3N2O2S. The zero-order chi connectivity index (χ0) is 25.0. The number of hydrogen-bond donors (Lipinski definition) is 2. The Labute approximate surface area is 202 Å². The molecule has 0 aromatic heterocycles. The summed E-state index contributed by atoms with van der Waals surface area (Å²) in [6.07, 6.45) is 0.0806. The second kappa shape index (κ2) is 8.45. The van der Waals surface area contributed by atoms with Crippen LogP contribution < -0.4 is 10.0 Å². The van der Waals surface area contributed by atoms with Gasteiger partial charge >= 0.3 is 6.18 Å². The lowest BCUT2D eigenvalue weighted by molar-refractivity contribution is -0.138. The Morgan fingerprint density at radius 2 is 1.66 bits per heavy atom. The molecule has 0 amide bonds. The summed E-state index contributed by atoms with van der Waals surface area (Å²) in [5, 5.41) is 3.29. The van der Waals surface area contributed by atoms with Gasteiger partial charge in [-0.15, -0.1) is 0 Å². The van der Waals surface area contributed by atoms with Crippen LogP contribution in [0, 0.1) is 19.8 Å². The normalized spacial score (nSPS) is 21.2. The van der Waals surface area contributed by atoms with E-state index in [0.29, 0.717) is 17.8 Å². The van der Waals surface area contributed by atoms with Crippen LogP contribution in [0.4, 0.5) is 24.5 Å². The summed E-state index contributed by atoms with van der Waals surface area (Å²) < 4.78 is 70.4. The van der Waals surface area contributed by atoms with Crippen LogP contribution in [0.25, 0.3) is 0 Å². The van der Waals surface area contributed by atoms with Gasteiger partial charge in [0.05, 0.1) is 22.2 Å². The lowest BCUT2D eigenvalue weighted by Crippen LogP contribution is -2.31. The lowest BCUT2D eigenvalue weighted by atomic mass is 9.76. The zero-order valence-electron chi connectivity index (χ0n) is 19.2. The van der Waals surface area contributed by atoms with Crippen LogP contribution >= 0.6 is 0 Å². The third kappa shape index (κ3) is 4.20. The van der Waals surface area contributed by atoms with Crippen molar-refractivity contribution in [3.8, 4) is 0 Å². The van der Waals surface area contributed by atoms with E-state index in [9.17, 15) is 21.6 Å². The van der Waals surface area contributed by atoms with Crippen LogP contribution in [0.5, 0.6) is 0 Å². The van der Waals surface area contributed by atoms with Crippen LogP contribution in [0.2, 0.25) is 0 Å². The Bertz CT molecular complexity index is 1410. The maximum absolute atomic E-state index is 13.7. The van der Waals surface area contributed by atoms with Gasteiger partial charge < -0.3 is 5.32 Å². The monoisotopic (exact) mass is 498 g/mol. The first-order valence-electron chi connectivity index (χ1n) is 11.4. The topological polar surface area (TPSA) is 58.2 Å². The largest absolute Gasteiger partial charge is 0.416 e. The highest BCUT2D eigenvalue weighted by Crippen LogP contribution is 2.51. The van der Waals surface area contributed by atoms with Gasteiger partial charge in [-0.05, 0) is 72.7 Å². The molecule has 0 radical (unpaired) electrons. The van der Waals surface area contributed by atoms with Crippen molar-refractivity contribution >= 4 is 21.4 Å². The van der Waals surface area contributed by atoms with E-state index in [0.717, 1.165) is 22.8 Å². The van der Waals surface area contributed by atoms with E-state index < -0.39 is 27.8 Å². The van der Waals surface area contributed by atoms with Crippen LogP contribution in [0.15, 0.2) is 77.7 Å². The Morgan fingerprint density at radius 3 is 2.37 bits per heavy atom. The number of aryl methyl sites for hydroxylation is 2. The van der Waals surface area contributed by atoms with Gasteiger partial charge in [-0.2, -0.15) is 13.2 Å². The fourth-order valence-corrected chi connectivity index (χ4v) is 6.48. The predicted octanol–water partition coefficient (Wildman–Crippen LogP) is 6.95. The molecule has 5 rings (SSSR count). The van der Waals surface area contributed by atoms with Crippen molar-refractivity contribution in [3.63, 3.8) is 0 Å². The molecule has 2 N–H and O–H groups in total. The van der Waals surface area contributed by atoms with E-state index in [1.165, 1.54) is 18.2 Å². The molecule has 0 bridgehead atoms. The smallest absolute Gasteiger partial charge is 0.378 e. The minimum absolute atomic E-state index is 0.119. The average Bonchev–Trinajstić information content (AvgIpc) is 3.30. The van der Waals surface area contributed by atoms with E-state index in [-0.39, 0.29) is 22.3 Å². The zero-order valence-corrected chi connectivity index (χ0v) is 20.0. The van der Waals surface area contributed by atoms with Crippen LogP contribution in [0.1, 0.15) is 46.2 Å². The van der Waals surface area contributed by atoms with Gasteiger partial charge in [-0.3, -0.25) is 4.72 Å². The van der Waals surface area contributed by atoms with E-state index in [1.54, 1.807) is 18.2 Å². The van der Waals surface area contributed by atoms with Crippen LogP contribution in [-0.4, -0.2) is 8.42 Å². The number of sulfonamides is 1. The summed E-state index contributed by atoms with van der Waals surface area (Å²) in [5.74, 6) is -0.344. The lowest BCUT2D eigenvalue weighted by Gasteiger charge is -2.38. The number of para-hydroxylation sites is 1. The van der Waals surface area contributed by atoms with Crippen molar-refractivity contribution < 1.29 is 21.6 Å². The van der Waals surface area contributed by atoms with Crippen molar-refractivity contribution in [2.45, 2.75) is 43.3 Å². The molecule has 0 unspecified atom stereocenters. The molecule has 1 aliphatic heterocycles. The quantitative estimate of drug-likeness (QED) is 0.383. The van der Waals surface area contributed by atoms with Crippen molar-refractivity contribution in [1.29, 1.82) is 0 Å². The summed E-state index contributed by atoms with van der Waals surface area (Å²) in [6, 6.07) is 15.4. The van der Waals surface area contributed by atoms with E-state index in [1.807, 2.05) is 44.2 Å². The minimum Gasteiger partial charge on any atom is -0.378 e. The number of nitrogens with one attached hydrogen (secondary N) is 2. The van der Waals surface area contributed by atoms with Crippen molar-refractivity contribution in [1.82, 2.24) is 0 Å². The average molecular weight is 499 g/mol. The van der Waals surface area contributed by atoms with E-state index in [2.05, 4.69) is 10.0 Å². The molecule has 0 saturated carbocycles. The van der Waals surface area contributed by atoms with Gasteiger partial charge in [0.2, 0.25) is 0 Å². The number of rotatable bonds is 4. The number of benzene rings is 3. The van der Waals surface area contributed by atoms with Crippen LogP contribution in [-0.2, 0) is 16.2 Å². The number of alkyl halides is 3. The Kier molecular flexibility index (Phi) is 5.67. The highest BCUT2D eigenvalue weighted by molar-refractivity contribution is 7.92. The molecule has 0 saturated heterocycles. The molecule has 0 fully saturated rings. The van der Waals surface area contributed by atoms with Gasteiger partial charge in [0.1, 0.15) is 0 Å². The second-order valence-electron chi connectivity index (χ2n) is 9.18. The summed E-state index contributed by atoms with van der Waals surface area (Å²) in [7, 11) is -3.86. The molecule has 1 aliphatic carbocycles. The molecule has 182 valence electrons. The molecule has 8 heteroatoms. The highest BCUT2D eigenvalue weighted by Gasteiger charge is 2.42. The molecule has 0 spiro atoms. The van der Waals surface area contributed by atoms with E-state index >= 15 is 0 Å². The first-order valence-corrected chi connectivity index (χ1v) is 12.9. The Balaban J connectivity index is 1.53. The predicted molar refractivity (Wildman–Crippen MR) is 131 cm³/mol. The number of hydrogen-bond acceptors (Lipinski definition) is 3. The Morgan fingerprint density at radius 1 is 0.943 bits per heavy atom. The summed E-state index contributed by atoms with van der Waals surface area (Å²) in [4.78, 5) is 0.119. The van der Waals surface area contributed by atoms with Gasteiger partial charge in [-0.1, -0.05) is 48.6 Å². The number of halogens is 3. The fraction of sp³-hybridized carbons (Fsp3) is 0.259. The minimum atomic E-state index is -4.46. The summed E-state index contributed by atoms with van der Waals surface area (Å²) in [6.45, 7) is 3.68. The molecule has 3 aromatic rings. The van der Waals surface area contributed by atoms with E-state index in [4.69, 9.17) is 0 Å². The Hall–Kier alpha value is -3.26. The van der Waals surface area contributed by atoms with Gasteiger partial charge in [0, 0.05) is 11.6 Å². The molecule has 1 heterocycles. The van der Waals surface area contributed by atoms with Gasteiger partial charge in [0.25, 0.3) is 10.0 Å². The van der Waals surface area contributed by atoms with Crippen molar-refractivity contribution in [2.24, 2.45) is 5.92 Å².